The molecule has 1 heterocycles. The number of nitrogens with zero attached hydrogens (tertiary/aromatic N) is 3. The summed E-state index contributed by atoms with van der Waals surface area (Å²) in [5.74, 6) is -0.518. The molecule has 0 atom stereocenters. The van der Waals surface area contributed by atoms with Crippen molar-refractivity contribution in [1.82, 2.24) is 15.4 Å². The first kappa shape index (κ1) is 20.7. The quantitative estimate of drug-likeness (QED) is 0.307. The van der Waals surface area contributed by atoms with Gasteiger partial charge in [-0.2, -0.15) is 5.10 Å². The van der Waals surface area contributed by atoms with E-state index >= 15 is 0 Å². The molecular weight excluding hydrogens is 431 g/mol. The van der Waals surface area contributed by atoms with Gasteiger partial charge < -0.3 is 0 Å². The SMILES string of the molecule is O=C(N/N=C\c1ccc(Cl)cc1Cl)c1nc(-c2ccccc2)cc(-c2ccccc2)n1. The number of aromatic nitrogens is 2. The first-order chi connectivity index (χ1) is 15.1. The van der Waals surface area contributed by atoms with Crippen LogP contribution in [-0.2, 0) is 0 Å². The van der Waals surface area contributed by atoms with E-state index in [0.29, 0.717) is 27.0 Å². The van der Waals surface area contributed by atoms with Gasteiger partial charge in [-0.15, -0.1) is 0 Å². The van der Waals surface area contributed by atoms with Gasteiger partial charge in [0.15, 0.2) is 0 Å². The lowest BCUT2D eigenvalue weighted by Gasteiger charge is -2.08. The molecule has 0 aliphatic rings. The highest BCUT2D eigenvalue weighted by Crippen LogP contribution is 2.24. The van der Waals surface area contributed by atoms with Crippen molar-refractivity contribution in [1.29, 1.82) is 0 Å². The zero-order valence-corrected chi connectivity index (χ0v) is 17.7. The molecule has 0 aliphatic heterocycles. The first-order valence-electron chi connectivity index (χ1n) is 9.38. The van der Waals surface area contributed by atoms with Gasteiger partial charge in [-0.05, 0) is 18.2 Å². The highest BCUT2D eigenvalue weighted by Gasteiger charge is 2.14. The lowest BCUT2D eigenvalue weighted by atomic mass is 10.1. The van der Waals surface area contributed by atoms with Gasteiger partial charge in [0.1, 0.15) is 0 Å². The second kappa shape index (κ2) is 9.51. The summed E-state index contributed by atoms with van der Waals surface area (Å²) < 4.78 is 0. The summed E-state index contributed by atoms with van der Waals surface area (Å²) in [7, 11) is 0. The largest absolute Gasteiger partial charge is 0.309 e. The second-order valence-corrected chi connectivity index (χ2v) is 7.40. The molecule has 4 rings (SSSR count). The molecular formula is C24H16Cl2N4O. The Morgan fingerprint density at radius 3 is 1.94 bits per heavy atom. The monoisotopic (exact) mass is 446 g/mol. The number of rotatable bonds is 5. The minimum absolute atomic E-state index is 0.0135. The summed E-state index contributed by atoms with van der Waals surface area (Å²) in [6.07, 6.45) is 1.44. The van der Waals surface area contributed by atoms with Crippen molar-refractivity contribution in [3.05, 3.63) is 106 Å². The zero-order valence-electron chi connectivity index (χ0n) is 16.2. The maximum atomic E-state index is 12.7. The van der Waals surface area contributed by atoms with E-state index in [-0.39, 0.29) is 5.82 Å². The molecule has 0 fully saturated rings. The van der Waals surface area contributed by atoms with Crippen LogP contribution in [0.1, 0.15) is 16.2 Å². The molecule has 152 valence electrons. The highest BCUT2D eigenvalue weighted by molar-refractivity contribution is 6.36. The van der Waals surface area contributed by atoms with Crippen molar-refractivity contribution in [2.45, 2.75) is 0 Å². The van der Waals surface area contributed by atoms with Crippen LogP contribution in [0.4, 0.5) is 0 Å². The fourth-order valence-corrected chi connectivity index (χ4v) is 3.34. The van der Waals surface area contributed by atoms with Crippen LogP contribution in [0.3, 0.4) is 0 Å². The van der Waals surface area contributed by atoms with Gasteiger partial charge in [0, 0.05) is 21.7 Å². The Balaban J connectivity index is 1.64. The zero-order chi connectivity index (χ0) is 21.6. The summed E-state index contributed by atoms with van der Waals surface area (Å²) in [5.41, 5.74) is 6.13. The van der Waals surface area contributed by atoms with E-state index < -0.39 is 5.91 Å². The van der Waals surface area contributed by atoms with Crippen LogP contribution in [-0.4, -0.2) is 22.1 Å². The predicted octanol–water partition coefficient (Wildman–Crippen LogP) is 5.88. The molecule has 1 aromatic heterocycles. The van der Waals surface area contributed by atoms with Crippen LogP contribution in [0.15, 0.2) is 90.0 Å². The molecule has 0 saturated heterocycles. The number of nitrogens with one attached hydrogen (secondary N) is 1. The van der Waals surface area contributed by atoms with E-state index in [2.05, 4.69) is 20.5 Å². The first-order valence-corrected chi connectivity index (χ1v) is 10.1. The molecule has 3 aromatic carbocycles. The lowest BCUT2D eigenvalue weighted by Crippen LogP contribution is -2.21. The van der Waals surface area contributed by atoms with Crippen LogP contribution in [0.5, 0.6) is 0 Å². The molecule has 5 nitrogen and oxygen atoms in total. The summed E-state index contributed by atoms with van der Waals surface area (Å²) in [5, 5.41) is 4.93. The summed E-state index contributed by atoms with van der Waals surface area (Å²) in [4.78, 5) is 21.6. The third-order valence-corrected chi connectivity index (χ3v) is 4.96. The van der Waals surface area contributed by atoms with Crippen LogP contribution in [0, 0.1) is 0 Å². The highest BCUT2D eigenvalue weighted by atomic mass is 35.5. The van der Waals surface area contributed by atoms with Crippen LogP contribution < -0.4 is 5.43 Å². The maximum absolute atomic E-state index is 12.7. The molecule has 0 aliphatic carbocycles. The molecule has 31 heavy (non-hydrogen) atoms. The Bertz CT molecular complexity index is 1190. The van der Waals surface area contributed by atoms with Crippen molar-refractivity contribution >= 4 is 35.3 Å². The molecule has 0 bridgehead atoms. The van der Waals surface area contributed by atoms with Crippen LogP contribution >= 0.6 is 23.2 Å². The number of carbonyl (C=O) groups is 1. The average molecular weight is 447 g/mol. The number of amides is 1. The molecule has 4 aromatic rings. The number of carbonyl (C=O) groups excluding carboxylic acids is 1. The Morgan fingerprint density at radius 1 is 0.806 bits per heavy atom. The summed E-state index contributed by atoms with van der Waals surface area (Å²) in [6.45, 7) is 0. The van der Waals surface area contributed by atoms with Gasteiger partial charge in [0.2, 0.25) is 5.82 Å². The minimum Gasteiger partial charge on any atom is -0.264 e. The number of hydrogen-bond acceptors (Lipinski definition) is 4. The molecule has 0 saturated carbocycles. The van der Waals surface area contributed by atoms with Crippen molar-refractivity contribution in [2.24, 2.45) is 5.10 Å². The molecule has 0 radical (unpaired) electrons. The Kier molecular flexibility index (Phi) is 6.36. The maximum Gasteiger partial charge on any atom is 0.309 e. The number of hydrogen-bond donors (Lipinski definition) is 1. The molecule has 1 amide bonds. The third-order valence-electron chi connectivity index (χ3n) is 4.40. The van der Waals surface area contributed by atoms with Crippen LogP contribution in [0.25, 0.3) is 22.5 Å². The standard InChI is InChI=1S/C24H16Cl2N4O/c25-19-12-11-18(20(26)13-19)15-27-30-24(31)23-28-21(16-7-3-1-4-8-16)14-22(29-23)17-9-5-2-6-10-17/h1-15H,(H,30,31)/b27-15-. The fraction of sp³-hybridized carbons (Fsp3) is 0. The van der Waals surface area contributed by atoms with Gasteiger partial charge in [0.25, 0.3) is 0 Å². The number of hydrazone groups is 1. The second-order valence-electron chi connectivity index (χ2n) is 6.56. The summed E-state index contributed by atoms with van der Waals surface area (Å²) >= 11 is 12.0. The third kappa shape index (κ3) is 5.15. The van der Waals surface area contributed by atoms with Gasteiger partial charge in [-0.1, -0.05) is 89.9 Å². The van der Waals surface area contributed by atoms with Gasteiger partial charge >= 0.3 is 5.91 Å². The average Bonchev–Trinajstić information content (AvgIpc) is 2.81. The molecule has 1 N–H and O–H groups in total. The van der Waals surface area contributed by atoms with E-state index in [0.717, 1.165) is 11.1 Å². The van der Waals surface area contributed by atoms with E-state index in [1.54, 1.807) is 18.2 Å². The summed E-state index contributed by atoms with van der Waals surface area (Å²) in [6, 6.07) is 26.1. The van der Waals surface area contributed by atoms with Crippen molar-refractivity contribution in [3.8, 4) is 22.5 Å². The molecule has 0 unspecified atom stereocenters. The van der Waals surface area contributed by atoms with Gasteiger partial charge in [-0.25, -0.2) is 15.4 Å². The normalized spacial score (nSPS) is 10.9. The van der Waals surface area contributed by atoms with Gasteiger partial charge in [-0.3, -0.25) is 4.79 Å². The Hall–Kier alpha value is -3.54. The van der Waals surface area contributed by atoms with Gasteiger partial charge in [0.05, 0.1) is 22.6 Å². The fourth-order valence-electron chi connectivity index (χ4n) is 2.88. The number of benzene rings is 3. The smallest absolute Gasteiger partial charge is 0.264 e. The minimum atomic E-state index is -0.531. The number of halogens is 2. The van der Waals surface area contributed by atoms with Crippen molar-refractivity contribution in [2.75, 3.05) is 0 Å². The van der Waals surface area contributed by atoms with Crippen molar-refractivity contribution in [3.63, 3.8) is 0 Å². The molecule has 7 heteroatoms. The van der Waals surface area contributed by atoms with Crippen molar-refractivity contribution < 1.29 is 4.79 Å². The van der Waals surface area contributed by atoms with E-state index in [4.69, 9.17) is 23.2 Å². The topological polar surface area (TPSA) is 67.2 Å². The van der Waals surface area contributed by atoms with E-state index in [1.807, 2.05) is 66.7 Å². The Labute approximate surface area is 189 Å². The van der Waals surface area contributed by atoms with Crippen LogP contribution in [0.2, 0.25) is 10.0 Å². The molecule has 0 spiro atoms. The lowest BCUT2D eigenvalue weighted by molar-refractivity contribution is 0.0945. The predicted molar refractivity (Wildman–Crippen MR) is 124 cm³/mol. The Morgan fingerprint density at radius 2 is 1.39 bits per heavy atom. The van der Waals surface area contributed by atoms with E-state index in [1.165, 1.54) is 6.21 Å². The van der Waals surface area contributed by atoms with E-state index in [9.17, 15) is 4.79 Å².